The molecule has 2 aromatic rings. The Balaban J connectivity index is 2.15. The predicted molar refractivity (Wildman–Crippen MR) is 116 cm³/mol. The Morgan fingerprint density at radius 3 is 1.17 bits per heavy atom. The van der Waals surface area contributed by atoms with Gasteiger partial charge in [-0.3, -0.25) is 0 Å². The lowest BCUT2D eigenvalue weighted by Crippen LogP contribution is -2.23. The van der Waals surface area contributed by atoms with Crippen LogP contribution in [-0.4, -0.2) is 33.7 Å². The number of benzene rings is 2. The summed E-state index contributed by atoms with van der Waals surface area (Å²) >= 11 is 0. The number of nitrogens with zero attached hydrogens (tertiary/aromatic N) is 2. The van der Waals surface area contributed by atoms with E-state index in [0.717, 1.165) is 26.2 Å². The average molecular weight is 341 g/mol. The fraction of sp³-hybridized carbons (Fsp3) is 0.400. The second-order valence-corrected chi connectivity index (χ2v) is 6.75. The fourth-order valence-corrected chi connectivity index (χ4v) is 3.70. The van der Waals surface area contributed by atoms with Crippen LogP contribution in [0.2, 0.25) is 0 Å². The first-order valence-electron chi connectivity index (χ1n) is 8.63. The van der Waals surface area contributed by atoms with Crippen LogP contribution < -0.4 is 20.4 Å². The van der Waals surface area contributed by atoms with Crippen LogP contribution in [0.5, 0.6) is 0 Å². The van der Waals surface area contributed by atoms with Gasteiger partial charge >= 0.3 is 0 Å². The van der Waals surface area contributed by atoms with Crippen molar-refractivity contribution in [3.63, 3.8) is 0 Å². The SMILES string of the molecule is [BH3-]P(c1ccc(N(CC)CC)cc1)c1ccc(N(CC)CC)cc1. The van der Waals surface area contributed by atoms with Gasteiger partial charge in [0.2, 0.25) is 0 Å². The third-order valence-electron chi connectivity index (χ3n) is 4.21. The molecular weight excluding hydrogens is 310 g/mol. The summed E-state index contributed by atoms with van der Waals surface area (Å²) in [4.78, 5) is 4.82. The highest BCUT2D eigenvalue weighted by molar-refractivity contribution is 7.94. The normalized spacial score (nSPS) is 10.9. The first kappa shape index (κ1) is 18.9. The monoisotopic (exact) mass is 341 g/mol. The molecule has 0 atom stereocenters. The van der Waals surface area contributed by atoms with Crippen molar-refractivity contribution in [1.82, 2.24) is 0 Å². The molecule has 0 unspecified atom stereocenters. The molecule has 2 nitrogen and oxygen atoms in total. The number of hydrogen-bond acceptors (Lipinski definition) is 2. The molecule has 24 heavy (non-hydrogen) atoms. The molecule has 0 aliphatic heterocycles. The maximum absolute atomic E-state index is 2.41. The average Bonchev–Trinajstić information content (AvgIpc) is 2.64. The largest absolute Gasteiger partial charge is 0.372 e. The standard InChI is InChI=1S/C20H31BN2P/c1-5-22(6-2)17-9-13-19(14-10-17)24(21)20-15-11-18(12-16-20)23(7-3)8-4/h9-16H,5-8H2,1-4,21H3/q-1. The second kappa shape index (κ2) is 9.13. The summed E-state index contributed by atoms with van der Waals surface area (Å²) in [7, 11) is 0.227. The van der Waals surface area contributed by atoms with Gasteiger partial charge in [0.05, 0.1) is 0 Å². The maximum atomic E-state index is 2.41. The van der Waals surface area contributed by atoms with E-state index in [1.165, 1.54) is 11.4 Å². The van der Waals surface area contributed by atoms with E-state index in [2.05, 4.69) is 86.0 Å². The van der Waals surface area contributed by atoms with Crippen LogP contribution in [0.3, 0.4) is 0 Å². The van der Waals surface area contributed by atoms with Gasteiger partial charge in [-0.2, -0.15) is 0 Å². The van der Waals surface area contributed by atoms with Crippen LogP contribution >= 0.6 is 7.80 Å². The molecular formula is C20H31BN2P-. The number of rotatable bonds is 8. The first-order chi connectivity index (χ1) is 11.6. The van der Waals surface area contributed by atoms with Crippen molar-refractivity contribution in [2.45, 2.75) is 27.7 Å². The van der Waals surface area contributed by atoms with Gasteiger partial charge in [-0.05, 0) is 59.5 Å². The lowest BCUT2D eigenvalue weighted by molar-refractivity contribution is 0.866. The van der Waals surface area contributed by atoms with Gasteiger partial charge in [0.15, 0.2) is 0 Å². The predicted octanol–water partition coefficient (Wildman–Crippen LogP) is 3.09. The van der Waals surface area contributed by atoms with E-state index in [1.54, 1.807) is 10.6 Å². The molecule has 0 aromatic heterocycles. The fourth-order valence-electron chi connectivity index (χ4n) is 2.80. The Labute approximate surface area is 150 Å². The summed E-state index contributed by atoms with van der Waals surface area (Å²) in [5, 5.41) is 3.10. The highest BCUT2D eigenvalue weighted by Crippen LogP contribution is 2.29. The molecule has 0 spiro atoms. The van der Waals surface area contributed by atoms with E-state index >= 15 is 0 Å². The molecule has 2 aromatic carbocycles. The van der Waals surface area contributed by atoms with Gasteiger partial charge in [-0.15, -0.1) is 0 Å². The third-order valence-corrected chi connectivity index (χ3v) is 5.33. The van der Waals surface area contributed by atoms with Crippen LogP contribution in [0, 0.1) is 0 Å². The van der Waals surface area contributed by atoms with Gasteiger partial charge in [0, 0.05) is 37.6 Å². The Morgan fingerprint density at radius 2 is 0.917 bits per heavy atom. The van der Waals surface area contributed by atoms with E-state index < -0.39 is 0 Å². The van der Waals surface area contributed by atoms with E-state index in [4.69, 9.17) is 0 Å². The minimum Gasteiger partial charge on any atom is -0.372 e. The zero-order chi connectivity index (χ0) is 17.5. The van der Waals surface area contributed by atoms with Crippen molar-refractivity contribution >= 4 is 37.3 Å². The lowest BCUT2D eigenvalue weighted by atomic mass is 10.3. The minimum atomic E-state index is -0.0382. The third kappa shape index (κ3) is 4.33. The molecule has 130 valence electrons. The van der Waals surface area contributed by atoms with Gasteiger partial charge in [0.25, 0.3) is 0 Å². The van der Waals surface area contributed by atoms with Gasteiger partial charge in [-0.25, -0.2) is 7.80 Å². The molecule has 0 aliphatic rings. The maximum Gasteiger partial charge on any atom is 0.0366 e. The summed E-state index contributed by atoms with van der Waals surface area (Å²) in [6, 6.07) is 18.7. The molecule has 2 rings (SSSR count). The van der Waals surface area contributed by atoms with Crippen molar-refractivity contribution in [2.75, 3.05) is 36.0 Å². The zero-order valence-corrected chi connectivity index (χ0v) is 15.7. The molecule has 0 fully saturated rings. The van der Waals surface area contributed by atoms with E-state index in [1.807, 2.05) is 0 Å². The molecule has 0 radical (unpaired) electrons. The summed E-state index contributed by atoms with van der Waals surface area (Å²) in [5.74, 6) is 0. The Kier molecular flexibility index (Phi) is 7.18. The van der Waals surface area contributed by atoms with E-state index in [-0.39, 0.29) is 15.4 Å². The summed E-state index contributed by atoms with van der Waals surface area (Å²) in [6.45, 7) is 13.2. The molecule has 0 heterocycles. The van der Waals surface area contributed by atoms with Crippen LogP contribution in [-0.2, 0) is 0 Å². The Hall–Kier alpha value is -1.47. The highest BCUT2D eigenvalue weighted by atomic mass is 31.1. The van der Waals surface area contributed by atoms with Crippen molar-refractivity contribution in [1.29, 1.82) is 0 Å². The van der Waals surface area contributed by atoms with Crippen molar-refractivity contribution in [3.8, 4) is 0 Å². The smallest absolute Gasteiger partial charge is 0.0366 e. The van der Waals surface area contributed by atoms with Crippen molar-refractivity contribution in [2.24, 2.45) is 0 Å². The number of anilines is 2. The van der Waals surface area contributed by atoms with Crippen LogP contribution in [0.1, 0.15) is 27.7 Å². The Morgan fingerprint density at radius 1 is 0.625 bits per heavy atom. The van der Waals surface area contributed by atoms with Crippen LogP contribution in [0.4, 0.5) is 11.4 Å². The molecule has 0 saturated carbocycles. The molecule has 0 N–H and O–H groups in total. The molecule has 0 saturated heterocycles. The van der Waals surface area contributed by atoms with E-state index in [9.17, 15) is 0 Å². The summed E-state index contributed by atoms with van der Waals surface area (Å²) in [6.07, 6.45) is 0. The molecule has 0 amide bonds. The van der Waals surface area contributed by atoms with E-state index in [0.29, 0.717) is 0 Å². The highest BCUT2D eigenvalue weighted by Gasteiger charge is 2.06. The number of hydrogen-bond donors (Lipinski definition) is 0. The van der Waals surface area contributed by atoms with Crippen molar-refractivity contribution < 1.29 is 0 Å². The molecule has 0 bridgehead atoms. The van der Waals surface area contributed by atoms with Gasteiger partial charge in [-0.1, -0.05) is 34.9 Å². The second-order valence-electron chi connectivity index (χ2n) is 5.49. The summed E-state index contributed by atoms with van der Waals surface area (Å²) < 4.78 is 0. The minimum absolute atomic E-state index is 0.0382. The summed E-state index contributed by atoms with van der Waals surface area (Å²) in [5.41, 5.74) is 2.70. The van der Waals surface area contributed by atoms with Crippen LogP contribution in [0.15, 0.2) is 48.5 Å². The molecule has 4 heteroatoms. The van der Waals surface area contributed by atoms with Gasteiger partial charge < -0.3 is 9.80 Å². The molecule has 0 aliphatic carbocycles. The lowest BCUT2D eigenvalue weighted by Gasteiger charge is -2.25. The van der Waals surface area contributed by atoms with Crippen molar-refractivity contribution in [3.05, 3.63) is 48.5 Å². The zero-order valence-electron chi connectivity index (χ0n) is 14.8. The quantitative estimate of drug-likeness (QED) is 0.538. The van der Waals surface area contributed by atoms with Gasteiger partial charge in [0.1, 0.15) is 0 Å². The topological polar surface area (TPSA) is 6.48 Å². The first-order valence-corrected chi connectivity index (χ1v) is 9.52. The Bertz CT molecular complexity index is 549. The van der Waals surface area contributed by atoms with Crippen LogP contribution in [0.25, 0.3) is 0 Å².